The van der Waals surface area contributed by atoms with Gasteiger partial charge in [0.2, 0.25) is 0 Å². The zero-order valence-corrected chi connectivity index (χ0v) is 38.3. The average molecular weight is 849 g/mol. The van der Waals surface area contributed by atoms with Crippen molar-refractivity contribution in [3.63, 3.8) is 0 Å². The molecule has 0 bridgehead atoms. The number of nitrogens with zero attached hydrogens (tertiary/aromatic N) is 2. The molecule has 4 heterocycles. The quantitative estimate of drug-likeness (QED) is 0.154. The lowest BCUT2D eigenvalue weighted by atomic mass is 9.39. The van der Waals surface area contributed by atoms with Crippen LogP contribution < -0.4 is 24.8 Å². The molecule has 0 fully saturated rings. The fourth-order valence-corrected chi connectivity index (χ4v) is 12.6. The van der Waals surface area contributed by atoms with Gasteiger partial charge in [0.1, 0.15) is 0 Å². The summed E-state index contributed by atoms with van der Waals surface area (Å²) in [5, 5.41) is 0. The second-order valence-corrected chi connectivity index (χ2v) is 21.0. The first kappa shape index (κ1) is 39.5. The van der Waals surface area contributed by atoms with Crippen LogP contribution in [-0.4, -0.2) is 6.71 Å². The van der Waals surface area contributed by atoms with Crippen molar-refractivity contribution < 1.29 is 0 Å². The Morgan fingerprint density at radius 3 is 1.03 bits per heavy atom. The summed E-state index contributed by atoms with van der Waals surface area (Å²) in [6.45, 7) is 13.8. The van der Waals surface area contributed by atoms with Crippen molar-refractivity contribution in [2.45, 2.75) is 52.4 Å². The molecular formula is C58H49BN2S2. The van der Waals surface area contributed by atoms with Gasteiger partial charge in [0, 0.05) is 53.2 Å². The van der Waals surface area contributed by atoms with E-state index in [0.717, 1.165) is 0 Å². The Kier molecular flexibility index (Phi) is 9.49. The standard InChI is InChI=1S/C58H49BN2S2/c1-57(2,3)42-30-34-44(35-31-42)60-46-28-19-29-47-50(46)59(55-51(60)48(38-20-11-7-12-21-38)53(62-55)40-24-15-9-16-25-40)56-52(61(47)45-36-32-43(33-37-45)58(4,5)6)49(39-22-13-8-14-23-39)54(63-56)41-26-17-10-18-27-41/h7-37H,1-6H3. The lowest BCUT2D eigenvalue weighted by Gasteiger charge is -2.42. The summed E-state index contributed by atoms with van der Waals surface area (Å²) in [6, 6.07) is 70.1. The van der Waals surface area contributed by atoms with Gasteiger partial charge >= 0.3 is 0 Å². The molecule has 0 spiro atoms. The van der Waals surface area contributed by atoms with Crippen LogP contribution in [0, 0.1) is 0 Å². The molecule has 9 aromatic rings. The molecular weight excluding hydrogens is 800 g/mol. The summed E-state index contributed by atoms with van der Waals surface area (Å²) in [6.07, 6.45) is 0. The Labute approximate surface area is 380 Å². The fourth-order valence-electron chi connectivity index (χ4n) is 9.65. The molecule has 5 heteroatoms. The number of hydrogen-bond acceptors (Lipinski definition) is 4. The highest BCUT2D eigenvalue weighted by Gasteiger charge is 2.48. The number of rotatable bonds is 6. The van der Waals surface area contributed by atoms with E-state index in [0.29, 0.717) is 0 Å². The van der Waals surface area contributed by atoms with Gasteiger partial charge in [-0.2, -0.15) is 0 Å². The predicted molar refractivity (Wildman–Crippen MR) is 275 cm³/mol. The fraction of sp³-hybridized carbons (Fsp3) is 0.138. The molecule has 0 amide bonds. The molecule has 306 valence electrons. The minimum Gasteiger partial charge on any atom is -0.310 e. The first-order valence-electron chi connectivity index (χ1n) is 22.1. The van der Waals surface area contributed by atoms with Crippen molar-refractivity contribution in [1.29, 1.82) is 0 Å². The Morgan fingerprint density at radius 1 is 0.365 bits per heavy atom. The van der Waals surface area contributed by atoms with Crippen molar-refractivity contribution in [1.82, 2.24) is 0 Å². The van der Waals surface area contributed by atoms with Gasteiger partial charge in [-0.05, 0) is 86.1 Å². The predicted octanol–water partition coefficient (Wildman–Crippen LogP) is 15.2. The normalized spacial score (nSPS) is 13.1. The van der Waals surface area contributed by atoms with Gasteiger partial charge in [-0.15, -0.1) is 22.7 Å². The molecule has 2 aliphatic rings. The van der Waals surface area contributed by atoms with E-state index < -0.39 is 0 Å². The van der Waals surface area contributed by atoms with E-state index in [1.165, 1.54) is 103 Å². The Morgan fingerprint density at radius 2 is 0.698 bits per heavy atom. The second-order valence-electron chi connectivity index (χ2n) is 18.9. The maximum absolute atomic E-state index is 2.60. The monoisotopic (exact) mass is 848 g/mol. The summed E-state index contributed by atoms with van der Waals surface area (Å²) >= 11 is 3.95. The largest absolute Gasteiger partial charge is 0.310 e. The van der Waals surface area contributed by atoms with Crippen molar-refractivity contribution in [3.05, 3.63) is 199 Å². The second kappa shape index (κ2) is 15.2. The van der Waals surface area contributed by atoms with Crippen LogP contribution in [0.25, 0.3) is 43.1 Å². The maximum atomic E-state index is 2.60. The molecule has 0 atom stereocenters. The smallest absolute Gasteiger partial charge is 0.277 e. The van der Waals surface area contributed by atoms with Crippen LogP contribution in [-0.2, 0) is 10.8 Å². The van der Waals surface area contributed by atoms with E-state index in [-0.39, 0.29) is 17.5 Å². The lowest BCUT2D eigenvalue weighted by Crippen LogP contribution is -2.59. The number of hydrogen-bond donors (Lipinski definition) is 0. The van der Waals surface area contributed by atoms with Crippen LogP contribution in [0.15, 0.2) is 188 Å². The van der Waals surface area contributed by atoms with Crippen molar-refractivity contribution in [2.24, 2.45) is 0 Å². The molecule has 2 aromatic heterocycles. The summed E-state index contributed by atoms with van der Waals surface area (Å²) in [4.78, 5) is 7.78. The van der Waals surface area contributed by atoms with Crippen molar-refractivity contribution >= 4 is 78.5 Å². The van der Waals surface area contributed by atoms with Gasteiger partial charge in [0.25, 0.3) is 6.71 Å². The number of anilines is 6. The maximum Gasteiger partial charge on any atom is 0.277 e. The van der Waals surface area contributed by atoms with Gasteiger partial charge in [-0.1, -0.05) is 193 Å². The van der Waals surface area contributed by atoms with E-state index >= 15 is 0 Å². The summed E-state index contributed by atoms with van der Waals surface area (Å²) in [5.74, 6) is 0. The molecule has 0 radical (unpaired) electrons. The molecule has 2 aliphatic heterocycles. The van der Waals surface area contributed by atoms with Gasteiger partial charge < -0.3 is 9.80 Å². The Balaban J connectivity index is 1.28. The lowest BCUT2D eigenvalue weighted by molar-refractivity contribution is 0.590. The highest BCUT2D eigenvalue weighted by atomic mass is 32.1. The molecule has 7 aromatic carbocycles. The van der Waals surface area contributed by atoms with E-state index in [4.69, 9.17) is 0 Å². The van der Waals surface area contributed by atoms with Crippen LogP contribution in [0.3, 0.4) is 0 Å². The van der Waals surface area contributed by atoms with Crippen LogP contribution in [0.1, 0.15) is 52.7 Å². The first-order chi connectivity index (χ1) is 30.6. The highest BCUT2D eigenvalue weighted by Crippen LogP contribution is 2.55. The average Bonchev–Trinajstić information content (AvgIpc) is 3.90. The van der Waals surface area contributed by atoms with Crippen LogP contribution in [0.5, 0.6) is 0 Å². The third-order valence-corrected chi connectivity index (χ3v) is 15.4. The first-order valence-corrected chi connectivity index (χ1v) is 23.7. The Hall–Kier alpha value is -6.40. The molecule has 0 N–H and O–H groups in total. The van der Waals surface area contributed by atoms with E-state index in [2.05, 4.69) is 239 Å². The van der Waals surface area contributed by atoms with Crippen molar-refractivity contribution in [2.75, 3.05) is 9.80 Å². The number of thiophene rings is 2. The van der Waals surface area contributed by atoms with Crippen molar-refractivity contribution in [3.8, 4) is 43.1 Å². The van der Waals surface area contributed by atoms with Gasteiger partial charge in [-0.3, -0.25) is 0 Å². The van der Waals surface area contributed by atoms with E-state index in [1.807, 2.05) is 22.7 Å². The third-order valence-electron chi connectivity index (χ3n) is 12.8. The third kappa shape index (κ3) is 6.60. The topological polar surface area (TPSA) is 6.48 Å². The number of benzene rings is 7. The zero-order chi connectivity index (χ0) is 43.0. The van der Waals surface area contributed by atoms with E-state index in [9.17, 15) is 0 Å². The molecule has 0 unspecified atom stereocenters. The number of fused-ring (bicyclic) bond motifs is 4. The van der Waals surface area contributed by atoms with Gasteiger partial charge in [-0.25, -0.2) is 0 Å². The summed E-state index contributed by atoms with van der Waals surface area (Å²) in [5.41, 5.74) is 18.9. The molecule has 0 saturated heterocycles. The van der Waals surface area contributed by atoms with Crippen LogP contribution in [0.4, 0.5) is 34.1 Å². The van der Waals surface area contributed by atoms with Gasteiger partial charge in [0.05, 0.1) is 11.4 Å². The zero-order valence-electron chi connectivity index (χ0n) is 36.7. The molecule has 2 nitrogen and oxygen atoms in total. The summed E-state index contributed by atoms with van der Waals surface area (Å²) < 4.78 is 2.74. The molecule has 0 saturated carbocycles. The van der Waals surface area contributed by atoms with Gasteiger partial charge in [0.15, 0.2) is 0 Å². The Bertz CT molecular complexity index is 2890. The van der Waals surface area contributed by atoms with Crippen LogP contribution >= 0.6 is 22.7 Å². The minimum atomic E-state index is -0.00811. The molecule has 0 aliphatic carbocycles. The SMILES string of the molecule is CC(C)(C)c1ccc(N2c3cccc4c3B(c3sc(-c5ccccc5)c(-c5ccccc5)c32)c2sc(-c3ccccc3)c(-c3ccccc3)c2N4c2ccc(C(C)(C)C)cc2)cc1. The molecule has 63 heavy (non-hydrogen) atoms. The van der Waals surface area contributed by atoms with E-state index in [1.54, 1.807) is 0 Å². The minimum absolute atomic E-state index is 0.00811. The highest BCUT2D eigenvalue weighted by molar-refractivity contribution is 7.39. The summed E-state index contributed by atoms with van der Waals surface area (Å²) in [7, 11) is 0. The van der Waals surface area contributed by atoms with Crippen LogP contribution in [0.2, 0.25) is 0 Å². The molecule has 11 rings (SSSR count).